The highest BCUT2D eigenvalue weighted by atomic mass is 79.9. The van der Waals surface area contributed by atoms with Gasteiger partial charge in [0.25, 0.3) is 0 Å². The van der Waals surface area contributed by atoms with Crippen LogP contribution in [0.2, 0.25) is 0 Å². The molecule has 0 aliphatic carbocycles. The van der Waals surface area contributed by atoms with Crippen LogP contribution < -0.4 is 10.6 Å². The first-order valence-electron chi connectivity index (χ1n) is 5.00. The average Bonchev–Trinajstić information content (AvgIpc) is 2.55. The molecule has 1 aliphatic rings. The van der Waals surface area contributed by atoms with Crippen LogP contribution in [0.1, 0.15) is 18.4 Å². The third kappa shape index (κ3) is 1.55. The molecule has 0 amide bonds. The van der Waals surface area contributed by atoms with Gasteiger partial charge in [0.05, 0.1) is 0 Å². The molecular weight excluding hydrogens is 240 g/mol. The van der Waals surface area contributed by atoms with Gasteiger partial charge in [0, 0.05) is 35.7 Å². The zero-order chi connectivity index (χ0) is 10.1. The molecule has 0 saturated heterocycles. The summed E-state index contributed by atoms with van der Waals surface area (Å²) in [6.45, 7) is 5.05. The minimum absolute atomic E-state index is 0.502. The van der Waals surface area contributed by atoms with Gasteiger partial charge in [-0.15, -0.1) is 0 Å². The number of benzene rings is 1. The van der Waals surface area contributed by atoms with Crippen LogP contribution in [0.4, 0.5) is 5.69 Å². The highest BCUT2D eigenvalue weighted by Gasteiger charge is 2.26. The topological polar surface area (TPSA) is 29.3 Å². The molecule has 0 aromatic heterocycles. The third-order valence-electron chi connectivity index (χ3n) is 2.88. The maximum Gasteiger partial charge on any atom is 0.0403 e. The van der Waals surface area contributed by atoms with Crippen molar-refractivity contribution in [1.82, 2.24) is 0 Å². The minimum Gasteiger partial charge on any atom is -0.371 e. The molecular formula is C11H15BrN2. The average molecular weight is 255 g/mol. The maximum absolute atomic E-state index is 5.77. The van der Waals surface area contributed by atoms with E-state index in [2.05, 4.69) is 46.0 Å². The Labute approximate surface area is 93.2 Å². The van der Waals surface area contributed by atoms with Crippen LogP contribution in [0.5, 0.6) is 0 Å². The molecule has 0 spiro atoms. The molecule has 2 nitrogen and oxygen atoms in total. The number of halogens is 1. The van der Waals surface area contributed by atoms with Gasteiger partial charge in [-0.3, -0.25) is 0 Å². The van der Waals surface area contributed by atoms with Crippen LogP contribution in [0.15, 0.2) is 22.7 Å². The van der Waals surface area contributed by atoms with Crippen molar-refractivity contribution in [3.05, 3.63) is 28.2 Å². The standard InChI is InChI=1S/C11H15BrN2/c1-2-14-7-8(6-13)10-5-9(12)3-4-11(10)14/h3-5,8H,2,6-7,13H2,1H3. The van der Waals surface area contributed by atoms with E-state index >= 15 is 0 Å². The van der Waals surface area contributed by atoms with Gasteiger partial charge in [-0.25, -0.2) is 0 Å². The molecule has 1 atom stereocenters. The summed E-state index contributed by atoms with van der Waals surface area (Å²) in [5.41, 5.74) is 8.52. The van der Waals surface area contributed by atoms with E-state index < -0.39 is 0 Å². The molecule has 3 heteroatoms. The van der Waals surface area contributed by atoms with E-state index in [-0.39, 0.29) is 0 Å². The normalized spacial score (nSPS) is 19.9. The molecule has 2 rings (SSSR count). The summed E-state index contributed by atoms with van der Waals surface area (Å²) in [7, 11) is 0. The highest BCUT2D eigenvalue weighted by molar-refractivity contribution is 9.10. The van der Waals surface area contributed by atoms with Crippen LogP contribution in [0.25, 0.3) is 0 Å². The Morgan fingerprint density at radius 1 is 1.57 bits per heavy atom. The van der Waals surface area contributed by atoms with Gasteiger partial charge in [0.1, 0.15) is 0 Å². The fourth-order valence-electron chi connectivity index (χ4n) is 2.10. The molecule has 2 N–H and O–H groups in total. The summed E-state index contributed by atoms with van der Waals surface area (Å²) >= 11 is 3.50. The number of anilines is 1. The number of hydrogen-bond acceptors (Lipinski definition) is 2. The summed E-state index contributed by atoms with van der Waals surface area (Å²) in [6.07, 6.45) is 0. The number of hydrogen-bond donors (Lipinski definition) is 1. The van der Waals surface area contributed by atoms with Crippen molar-refractivity contribution in [1.29, 1.82) is 0 Å². The zero-order valence-electron chi connectivity index (χ0n) is 8.33. The van der Waals surface area contributed by atoms with Crippen molar-refractivity contribution in [2.45, 2.75) is 12.8 Å². The number of likely N-dealkylation sites (N-methyl/N-ethyl adjacent to an activating group) is 1. The molecule has 1 aliphatic heterocycles. The Hall–Kier alpha value is -0.540. The molecule has 1 aromatic carbocycles. The van der Waals surface area contributed by atoms with Crippen LogP contribution in [0.3, 0.4) is 0 Å². The number of nitrogens with two attached hydrogens (primary N) is 1. The van der Waals surface area contributed by atoms with Crippen molar-refractivity contribution >= 4 is 21.6 Å². The van der Waals surface area contributed by atoms with Crippen LogP contribution >= 0.6 is 15.9 Å². The van der Waals surface area contributed by atoms with Gasteiger partial charge in [-0.2, -0.15) is 0 Å². The number of nitrogens with zero attached hydrogens (tertiary/aromatic N) is 1. The maximum atomic E-state index is 5.77. The first-order chi connectivity index (χ1) is 6.76. The molecule has 1 heterocycles. The van der Waals surface area contributed by atoms with E-state index in [0.29, 0.717) is 5.92 Å². The van der Waals surface area contributed by atoms with Crippen molar-refractivity contribution in [3.63, 3.8) is 0 Å². The second-order valence-corrected chi connectivity index (χ2v) is 4.59. The zero-order valence-corrected chi connectivity index (χ0v) is 9.92. The molecule has 0 radical (unpaired) electrons. The Kier molecular flexibility index (Phi) is 2.79. The van der Waals surface area contributed by atoms with Gasteiger partial charge in [-0.1, -0.05) is 15.9 Å². The van der Waals surface area contributed by atoms with Gasteiger partial charge >= 0.3 is 0 Å². The van der Waals surface area contributed by atoms with E-state index in [1.54, 1.807) is 0 Å². The van der Waals surface area contributed by atoms with Crippen molar-refractivity contribution in [2.24, 2.45) is 5.73 Å². The molecule has 76 valence electrons. The van der Waals surface area contributed by atoms with E-state index in [1.165, 1.54) is 11.3 Å². The number of rotatable bonds is 2. The molecule has 1 aromatic rings. The van der Waals surface area contributed by atoms with Crippen LogP contribution in [-0.2, 0) is 0 Å². The lowest BCUT2D eigenvalue weighted by atomic mass is 10.0. The lowest BCUT2D eigenvalue weighted by Gasteiger charge is -2.16. The summed E-state index contributed by atoms with van der Waals surface area (Å²) in [5, 5.41) is 0. The minimum atomic E-state index is 0.502. The van der Waals surface area contributed by atoms with Gasteiger partial charge < -0.3 is 10.6 Å². The Bertz CT molecular complexity index is 338. The first-order valence-corrected chi connectivity index (χ1v) is 5.80. The smallest absolute Gasteiger partial charge is 0.0403 e. The fourth-order valence-corrected chi connectivity index (χ4v) is 2.48. The lowest BCUT2D eigenvalue weighted by molar-refractivity contribution is 0.710. The fraction of sp³-hybridized carbons (Fsp3) is 0.455. The molecule has 0 saturated carbocycles. The second kappa shape index (κ2) is 3.91. The largest absolute Gasteiger partial charge is 0.371 e. The van der Waals surface area contributed by atoms with E-state index in [9.17, 15) is 0 Å². The van der Waals surface area contributed by atoms with Gasteiger partial charge in [-0.05, 0) is 30.7 Å². The van der Waals surface area contributed by atoms with Gasteiger partial charge in [0.2, 0.25) is 0 Å². The lowest BCUT2D eigenvalue weighted by Crippen LogP contribution is -2.23. The van der Waals surface area contributed by atoms with Gasteiger partial charge in [0.15, 0.2) is 0 Å². The predicted molar refractivity (Wildman–Crippen MR) is 63.8 cm³/mol. The van der Waals surface area contributed by atoms with E-state index in [1.807, 2.05) is 0 Å². The van der Waals surface area contributed by atoms with E-state index in [0.717, 1.165) is 24.1 Å². The monoisotopic (exact) mass is 254 g/mol. The van der Waals surface area contributed by atoms with Crippen LogP contribution in [-0.4, -0.2) is 19.6 Å². The third-order valence-corrected chi connectivity index (χ3v) is 3.37. The molecule has 1 unspecified atom stereocenters. The van der Waals surface area contributed by atoms with Crippen molar-refractivity contribution < 1.29 is 0 Å². The van der Waals surface area contributed by atoms with Crippen molar-refractivity contribution in [3.8, 4) is 0 Å². The second-order valence-electron chi connectivity index (χ2n) is 3.67. The Morgan fingerprint density at radius 3 is 3.00 bits per heavy atom. The molecule has 0 bridgehead atoms. The quantitative estimate of drug-likeness (QED) is 0.878. The summed E-state index contributed by atoms with van der Waals surface area (Å²) in [4.78, 5) is 2.39. The SMILES string of the molecule is CCN1CC(CN)c2cc(Br)ccc21. The first kappa shape index (κ1) is 9.99. The Morgan fingerprint density at radius 2 is 2.36 bits per heavy atom. The summed E-state index contributed by atoms with van der Waals surface area (Å²) in [5.74, 6) is 0.502. The molecule has 14 heavy (non-hydrogen) atoms. The van der Waals surface area contributed by atoms with Crippen molar-refractivity contribution in [2.75, 3.05) is 24.5 Å². The predicted octanol–water partition coefficient (Wildman–Crippen LogP) is 2.33. The van der Waals surface area contributed by atoms with Crippen LogP contribution in [0, 0.1) is 0 Å². The highest BCUT2D eigenvalue weighted by Crippen LogP contribution is 2.36. The number of fused-ring (bicyclic) bond motifs is 1. The summed E-state index contributed by atoms with van der Waals surface area (Å²) < 4.78 is 1.15. The summed E-state index contributed by atoms with van der Waals surface area (Å²) in [6, 6.07) is 6.47. The molecule has 0 fully saturated rings. The van der Waals surface area contributed by atoms with E-state index in [4.69, 9.17) is 5.73 Å². The Balaban J connectivity index is 2.42.